The highest BCUT2D eigenvalue weighted by Crippen LogP contribution is 2.40. The molecule has 3 fully saturated rings. The first-order chi connectivity index (χ1) is 19.5. The Kier molecular flexibility index (Phi) is 9.38. The zero-order valence-electron chi connectivity index (χ0n) is 23.8. The molecular formula is C34H45N3O3. The summed E-state index contributed by atoms with van der Waals surface area (Å²) in [5.41, 5.74) is 1.04. The number of benzene rings is 2. The molecule has 5 rings (SSSR count). The highest BCUT2D eigenvalue weighted by atomic mass is 16.3. The average molecular weight is 544 g/mol. The Labute approximate surface area is 239 Å². The van der Waals surface area contributed by atoms with Gasteiger partial charge in [0.2, 0.25) is 11.8 Å². The highest BCUT2D eigenvalue weighted by molar-refractivity contribution is 5.79. The molecule has 2 aromatic carbocycles. The Balaban J connectivity index is 1.21. The number of hydrogen-bond donors (Lipinski definition) is 1. The summed E-state index contributed by atoms with van der Waals surface area (Å²) < 4.78 is 0. The summed E-state index contributed by atoms with van der Waals surface area (Å²) in [5.74, 6) is 0.484. The van der Waals surface area contributed by atoms with Gasteiger partial charge >= 0.3 is 0 Å². The van der Waals surface area contributed by atoms with Gasteiger partial charge in [0.15, 0.2) is 0 Å². The fourth-order valence-corrected chi connectivity index (χ4v) is 7.12. The zero-order valence-corrected chi connectivity index (χ0v) is 23.8. The first kappa shape index (κ1) is 28.6. The third kappa shape index (κ3) is 6.50. The van der Waals surface area contributed by atoms with Crippen molar-refractivity contribution in [3.63, 3.8) is 0 Å². The summed E-state index contributed by atoms with van der Waals surface area (Å²) in [6.07, 6.45) is 9.12. The highest BCUT2D eigenvalue weighted by Gasteiger charge is 2.49. The van der Waals surface area contributed by atoms with E-state index in [1.54, 1.807) is 0 Å². The molecule has 40 heavy (non-hydrogen) atoms. The fraction of sp³-hybridized carbons (Fsp3) is 0.529. The largest absolute Gasteiger partial charge is 0.383 e. The van der Waals surface area contributed by atoms with Crippen molar-refractivity contribution in [2.75, 3.05) is 39.3 Å². The summed E-state index contributed by atoms with van der Waals surface area (Å²) in [4.78, 5) is 32.9. The van der Waals surface area contributed by atoms with E-state index in [1.165, 1.54) is 5.56 Å². The molecule has 0 spiro atoms. The number of piperidine rings is 1. The lowest BCUT2D eigenvalue weighted by molar-refractivity contribution is -0.135. The molecule has 6 heteroatoms. The van der Waals surface area contributed by atoms with E-state index in [0.29, 0.717) is 26.1 Å². The van der Waals surface area contributed by atoms with E-state index >= 15 is 0 Å². The Bertz CT molecular complexity index is 1130. The van der Waals surface area contributed by atoms with Crippen LogP contribution in [0, 0.1) is 11.8 Å². The third-order valence-electron chi connectivity index (χ3n) is 9.43. The van der Waals surface area contributed by atoms with Crippen LogP contribution in [0.15, 0.2) is 73.3 Å². The van der Waals surface area contributed by atoms with Gasteiger partial charge in [0, 0.05) is 57.0 Å². The molecule has 2 atom stereocenters. The second kappa shape index (κ2) is 13.1. The first-order valence-corrected chi connectivity index (χ1v) is 15.2. The molecule has 0 radical (unpaired) electrons. The van der Waals surface area contributed by atoms with Gasteiger partial charge in [-0.2, -0.15) is 0 Å². The van der Waals surface area contributed by atoms with Crippen LogP contribution >= 0.6 is 0 Å². The van der Waals surface area contributed by atoms with Crippen molar-refractivity contribution in [2.24, 2.45) is 11.8 Å². The maximum atomic E-state index is 13.3. The minimum Gasteiger partial charge on any atom is -0.383 e. The topological polar surface area (TPSA) is 64.1 Å². The molecule has 1 N–H and O–H groups in total. The van der Waals surface area contributed by atoms with Gasteiger partial charge < -0.3 is 19.8 Å². The molecule has 0 unspecified atom stereocenters. The number of rotatable bonds is 10. The molecule has 2 heterocycles. The summed E-state index contributed by atoms with van der Waals surface area (Å²) in [6, 6.07) is 20.3. The second-order valence-corrected chi connectivity index (χ2v) is 12.0. The number of likely N-dealkylation sites (tertiary alicyclic amines) is 2. The van der Waals surface area contributed by atoms with Gasteiger partial charge in [0.05, 0.1) is 6.54 Å². The standard InChI is InChI=1S/C34H45N3O3/c1-2-21-37(32(38)18-17-27-11-5-3-6-12-27)31-19-22-35(23-20-31)24-30-25-36(33(39)28-13-9-10-14-28)26-34(30,40)29-15-7-4-8-16-29/h2-8,11-12,15-16,28,30-31,40H,1,9-10,13-14,17-26H2/t30-,34-/m0/s1. The molecule has 2 aliphatic heterocycles. The monoisotopic (exact) mass is 543 g/mol. The van der Waals surface area contributed by atoms with E-state index in [2.05, 4.69) is 23.6 Å². The van der Waals surface area contributed by atoms with Gasteiger partial charge in [-0.05, 0) is 43.2 Å². The number of carbonyl (C=O) groups excluding carboxylic acids is 2. The van der Waals surface area contributed by atoms with Crippen LogP contribution < -0.4 is 0 Å². The summed E-state index contributed by atoms with van der Waals surface area (Å²) in [5, 5.41) is 12.1. The average Bonchev–Trinajstić information content (AvgIpc) is 3.65. The Hall–Kier alpha value is -2.96. The van der Waals surface area contributed by atoms with Gasteiger partial charge in [-0.25, -0.2) is 0 Å². The van der Waals surface area contributed by atoms with Crippen LogP contribution in [0.5, 0.6) is 0 Å². The normalized spacial score (nSPS) is 24.3. The van der Waals surface area contributed by atoms with Crippen molar-refractivity contribution < 1.29 is 14.7 Å². The molecule has 2 aromatic rings. The molecule has 214 valence electrons. The molecule has 0 bridgehead atoms. The number of hydrogen-bond acceptors (Lipinski definition) is 4. The molecule has 3 aliphatic rings. The van der Waals surface area contributed by atoms with Gasteiger partial charge in [0.25, 0.3) is 0 Å². The number of amides is 2. The van der Waals surface area contributed by atoms with Gasteiger partial charge in [-0.15, -0.1) is 6.58 Å². The predicted octanol–water partition coefficient (Wildman–Crippen LogP) is 4.63. The Morgan fingerprint density at radius 3 is 2.27 bits per heavy atom. The molecule has 2 saturated heterocycles. The Morgan fingerprint density at radius 2 is 1.62 bits per heavy atom. The van der Waals surface area contributed by atoms with E-state index < -0.39 is 5.60 Å². The quantitative estimate of drug-likeness (QED) is 0.444. The second-order valence-electron chi connectivity index (χ2n) is 12.0. The van der Waals surface area contributed by atoms with Crippen LogP contribution in [0.1, 0.15) is 56.1 Å². The van der Waals surface area contributed by atoms with Gasteiger partial charge in [0.1, 0.15) is 5.60 Å². The minimum atomic E-state index is -1.05. The lowest BCUT2D eigenvalue weighted by Crippen LogP contribution is -2.50. The van der Waals surface area contributed by atoms with Crippen LogP contribution in [-0.4, -0.2) is 76.9 Å². The summed E-state index contributed by atoms with van der Waals surface area (Å²) >= 11 is 0. The minimum absolute atomic E-state index is 0.0476. The van der Waals surface area contributed by atoms with E-state index in [-0.39, 0.29) is 29.7 Å². The maximum absolute atomic E-state index is 13.3. The third-order valence-corrected chi connectivity index (χ3v) is 9.43. The first-order valence-electron chi connectivity index (χ1n) is 15.2. The number of aliphatic hydroxyl groups is 1. The smallest absolute Gasteiger partial charge is 0.225 e. The number of carbonyl (C=O) groups is 2. The summed E-state index contributed by atoms with van der Waals surface area (Å²) in [6.45, 7) is 7.96. The molecule has 2 amide bonds. The summed E-state index contributed by atoms with van der Waals surface area (Å²) in [7, 11) is 0. The lowest BCUT2D eigenvalue weighted by atomic mass is 9.83. The van der Waals surface area contributed by atoms with E-state index in [9.17, 15) is 14.7 Å². The van der Waals surface area contributed by atoms with Gasteiger partial charge in [-0.1, -0.05) is 79.6 Å². The lowest BCUT2D eigenvalue weighted by Gasteiger charge is -2.40. The maximum Gasteiger partial charge on any atom is 0.225 e. The van der Waals surface area contributed by atoms with Gasteiger partial charge in [-0.3, -0.25) is 9.59 Å². The van der Waals surface area contributed by atoms with Crippen LogP contribution in [0.3, 0.4) is 0 Å². The van der Waals surface area contributed by atoms with E-state index in [1.807, 2.05) is 64.4 Å². The van der Waals surface area contributed by atoms with Crippen LogP contribution in [0.4, 0.5) is 0 Å². The molecular weight excluding hydrogens is 498 g/mol. The molecule has 0 aromatic heterocycles. The molecule has 1 aliphatic carbocycles. The number of β-amino-alcohol motifs (C(OH)–C–C–N with tert-alkyl or cyclic N) is 1. The van der Waals surface area contributed by atoms with Crippen molar-refractivity contribution >= 4 is 11.8 Å². The zero-order chi connectivity index (χ0) is 28.0. The fourth-order valence-electron chi connectivity index (χ4n) is 7.12. The molecule has 6 nitrogen and oxygen atoms in total. The number of aryl methyl sites for hydroxylation is 1. The van der Waals surface area contributed by atoms with Crippen molar-refractivity contribution in [1.29, 1.82) is 0 Å². The SMILES string of the molecule is C=CCN(C(=O)CCc1ccccc1)C1CCN(C[C@H]2CN(C(=O)C3CCCC3)C[C@]2(O)c2ccccc2)CC1. The van der Waals surface area contributed by atoms with Crippen molar-refractivity contribution in [3.05, 3.63) is 84.4 Å². The Morgan fingerprint density at radius 1 is 0.975 bits per heavy atom. The van der Waals surface area contributed by atoms with E-state index in [0.717, 1.165) is 70.1 Å². The number of nitrogens with zero attached hydrogens (tertiary/aromatic N) is 3. The predicted molar refractivity (Wildman–Crippen MR) is 159 cm³/mol. The van der Waals surface area contributed by atoms with Crippen LogP contribution in [-0.2, 0) is 21.6 Å². The van der Waals surface area contributed by atoms with Crippen molar-refractivity contribution in [2.45, 2.75) is 63.0 Å². The van der Waals surface area contributed by atoms with Crippen LogP contribution in [0.25, 0.3) is 0 Å². The van der Waals surface area contributed by atoms with Crippen molar-refractivity contribution in [3.8, 4) is 0 Å². The van der Waals surface area contributed by atoms with E-state index in [4.69, 9.17) is 0 Å². The molecule has 1 saturated carbocycles. The van der Waals surface area contributed by atoms with Crippen LogP contribution in [0.2, 0.25) is 0 Å². The van der Waals surface area contributed by atoms with Crippen molar-refractivity contribution in [1.82, 2.24) is 14.7 Å².